The van der Waals surface area contributed by atoms with E-state index in [9.17, 15) is 0 Å². The molecule has 5 nitrogen and oxygen atoms in total. The second kappa shape index (κ2) is 18.9. The van der Waals surface area contributed by atoms with Crippen molar-refractivity contribution < 1.29 is 4.42 Å². The van der Waals surface area contributed by atoms with Crippen LogP contribution in [0, 0.1) is 27.7 Å². The summed E-state index contributed by atoms with van der Waals surface area (Å²) in [6, 6.07) is 73.8. The van der Waals surface area contributed by atoms with E-state index in [1.54, 1.807) is 0 Å². The third kappa shape index (κ3) is 8.24. The molecule has 0 spiro atoms. The summed E-state index contributed by atoms with van der Waals surface area (Å²) in [6.45, 7) is 29.7. The van der Waals surface area contributed by atoms with E-state index in [2.05, 4.69) is 303 Å². The molecule has 0 fully saturated rings. The van der Waals surface area contributed by atoms with Crippen molar-refractivity contribution in [3.63, 3.8) is 0 Å². The molecule has 15 rings (SSSR count). The second-order valence-corrected chi connectivity index (χ2v) is 28.4. The van der Waals surface area contributed by atoms with Crippen molar-refractivity contribution in [3.05, 3.63) is 233 Å². The van der Waals surface area contributed by atoms with Crippen LogP contribution < -0.4 is 30.4 Å². The molecule has 85 heavy (non-hydrogen) atoms. The number of thiophene rings is 1. The van der Waals surface area contributed by atoms with Crippen molar-refractivity contribution >= 4 is 139 Å². The number of rotatable bonds is 6. The lowest BCUT2D eigenvalue weighted by atomic mass is 9.36. The lowest BCUT2D eigenvalue weighted by Crippen LogP contribution is -2.60. The third-order valence-corrected chi connectivity index (χ3v) is 19.5. The zero-order chi connectivity index (χ0) is 58.7. The molecule has 418 valence electrons. The summed E-state index contributed by atoms with van der Waals surface area (Å²) in [5.41, 5.74) is 26.5. The van der Waals surface area contributed by atoms with Gasteiger partial charge in [0.25, 0.3) is 6.71 Å². The third-order valence-electron chi connectivity index (χ3n) is 18.2. The predicted octanol–water partition coefficient (Wildman–Crippen LogP) is 20.6. The largest absolute Gasteiger partial charge is 0.456 e. The molecule has 10 aromatic carbocycles. The molecule has 2 aliphatic rings. The number of anilines is 9. The molecule has 3 aromatic heterocycles. The summed E-state index contributed by atoms with van der Waals surface area (Å²) >= 11 is 1.94. The van der Waals surface area contributed by atoms with E-state index in [0.29, 0.717) is 0 Å². The Bertz CT molecular complexity index is 4770. The Labute approximate surface area is 504 Å². The van der Waals surface area contributed by atoms with E-state index < -0.39 is 0 Å². The Morgan fingerprint density at radius 3 is 1.47 bits per heavy atom. The summed E-state index contributed by atoms with van der Waals surface area (Å²) in [7, 11) is 0. The van der Waals surface area contributed by atoms with Gasteiger partial charge in [0, 0.05) is 70.8 Å². The quantitative estimate of drug-likeness (QED) is 0.155. The van der Waals surface area contributed by atoms with Crippen LogP contribution in [0.25, 0.3) is 59.5 Å². The Kier molecular flexibility index (Phi) is 11.8. The lowest BCUT2D eigenvalue weighted by Gasteiger charge is -2.44. The van der Waals surface area contributed by atoms with Crippen LogP contribution in [0.3, 0.4) is 0 Å². The molecular formula is C78H71BN4OS. The van der Waals surface area contributed by atoms with Crippen LogP contribution in [0.15, 0.2) is 199 Å². The van der Waals surface area contributed by atoms with Crippen LogP contribution in [0.1, 0.15) is 101 Å². The number of hydrogen-bond acceptors (Lipinski definition) is 5. The van der Waals surface area contributed by atoms with Crippen LogP contribution >= 0.6 is 11.3 Å². The highest BCUT2D eigenvalue weighted by atomic mass is 32.1. The van der Waals surface area contributed by atoms with Gasteiger partial charge in [-0.3, -0.25) is 0 Å². The van der Waals surface area contributed by atoms with Crippen LogP contribution in [0.5, 0.6) is 0 Å². The van der Waals surface area contributed by atoms with Crippen molar-refractivity contribution in [3.8, 4) is 5.69 Å². The smallest absolute Gasteiger partial charge is 0.269 e. The molecule has 13 aromatic rings. The topological polar surface area (TPSA) is 27.8 Å². The van der Waals surface area contributed by atoms with E-state index in [0.717, 1.165) is 73.1 Å². The fraction of sp³-hybridized carbons (Fsp3) is 0.205. The van der Waals surface area contributed by atoms with Gasteiger partial charge < -0.3 is 23.7 Å². The molecule has 0 aliphatic carbocycles. The fourth-order valence-corrected chi connectivity index (χ4v) is 15.5. The molecule has 0 N–H and O–H groups in total. The summed E-state index contributed by atoms with van der Waals surface area (Å²) < 4.78 is 12.9. The van der Waals surface area contributed by atoms with Crippen LogP contribution in [0.2, 0.25) is 0 Å². The maximum Gasteiger partial charge on any atom is 0.269 e. The maximum absolute atomic E-state index is 7.70. The molecule has 0 saturated heterocycles. The van der Waals surface area contributed by atoms with Crippen molar-refractivity contribution in [1.29, 1.82) is 0 Å². The standard InChI is InChI=1S/C78H71BN4OS/c1-46-38-48(3)71-59(40-46)60-41-47(2)39-49(4)72(60)83(71)62-45-65-70(74-68(62)58-26-20-21-27-66(58)84-74)79-69-63(81(65)55-33-28-50(29-34-55)76(5,6)7)43-57(80(53-22-16-14-17-23-53)54-24-18-15-19-25-54)44-64(69)82(56-35-30-51(31-36-56)77(8,9)10)73-61-42-52(78(11,12)13)32-37-67(61)85-75(73)79/h14-45H,1-13H3. The summed E-state index contributed by atoms with van der Waals surface area (Å²) in [5, 5.41) is 6.01. The molecular weight excluding hydrogens is 1050 g/mol. The highest BCUT2D eigenvalue weighted by Crippen LogP contribution is 2.54. The van der Waals surface area contributed by atoms with Gasteiger partial charge in [-0.25, -0.2) is 0 Å². The average molecular weight is 1120 g/mol. The molecule has 0 amide bonds. The van der Waals surface area contributed by atoms with Crippen molar-refractivity contribution in [2.45, 2.75) is 106 Å². The highest BCUT2D eigenvalue weighted by Gasteiger charge is 2.48. The number of para-hydroxylation sites is 3. The number of furan rings is 1. The number of hydrogen-bond donors (Lipinski definition) is 0. The van der Waals surface area contributed by atoms with Gasteiger partial charge in [-0.2, -0.15) is 0 Å². The number of fused-ring (bicyclic) bond motifs is 13. The number of aryl methyl sites for hydroxylation is 4. The van der Waals surface area contributed by atoms with Crippen LogP contribution in [-0.2, 0) is 16.2 Å². The van der Waals surface area contributed by atoms with Crippen molar-refractivity contribution in [2.24, 2.45) is 0 Å². The number of nitrogens with zero attached hydrogens (tertiary/aromatic N) is 4. The molecule has 0 radical (unpaired) electrons. The first kappa shape index (κ1) is 53.0. The monoisotopic (exact) mass is 1120 g/mol. The first-order chi connectivity index (χ1) is 40.7. The molecule has 0 bridgehead atoms. The van der Waals surface area contributed by atoms with E-state index in [4.69, 9.17) is 4.42 Å². The molecule has 5 heterocycles. The first-order valence-electron chi connectivity index (χ1n) is 30.2. The summed E-state index contributed by atoms with van der Waals surface area (Å²) in [5.74, 6) is 0. The Hall–Kier alpha value is -8.78. The van der Waals surface area contributed by atoms with E-state index in [1.807, 2.05) is 11.3 Å². The minimum absolute atomic E-state index is 0.0314. The van der Waals surface area contributed by atoms with Gasteiger partial charge in [-0.1, -0.05) is 171 Å². The molecule has 2 aliphatic heterocycles. The summed E-state index contributed by atoms with van der Waals surface area (Å²) in [6.07, 6.45) is 0. The van der Waals surface area contributed by atoms with E-state index >= 15 is 0 Å². The maximum atomic E-state index is 7.70. The minimum atomic E-state index is -0.235. The van der Waals surface area contributed by atoms with Crippen LogP contribution in [-0.4, -0.2) is 11.3 Å². The van der Waals surface area contributed by atoms with Crippen molar-refractivity contribution in [1.82, 2.24) is 4.57 Å². The Morgan fingerprint density at radius 1 is 0.424 bits per heavy atom. The zero-order valence-electron chi connectivity index (χ0n) is 51.2. The second-order valence-electron chi connectivity index (χ2n) is 27.3. The van der Waals surface area contributed by atoms with E-state index in [-0.39, 0.29) is 23.0 Å². The first-order valence-corrected chi connectivity index (χ1v) is 31.0. The molecule has 0 unspecified atom stereocenters. The SMILES string of the molecule is Cc1cc(C)c2c(c1)c1cc(C)cc(C)c1n2-c1cc2c(c3oc4ccccc4c13)B1c3sc4ccc(C(C)(C)C)cc4c3N(c3ccc(C(C)(C)C)cc3)c3cc(N(c4ccccc4)c4ccccc4)cc(c31)N2c1ccc(C(C)(C)C)cc1. The average Bonchev–Trinajstić information content (AvgIpc) is 1.76. The van der Waals surface area contributed by atoms with Gasteiger partial charge in [-0.05, 0) is 180 Å². The van der Waals surface area contributed by atoms with E-state index in [1.165, 1.54) is 92.2 Å². The fourth-order valence-electron chi connectivity index (χ4n) is 14.2. The normalized spacial score (nSPS) is 13.4. The summed E-state index contributed by atoms with van der Waals surface area (Å²) in [4.78, 5) is 7.68. The van der Waals surface area contributed by atoms with Gasteiger partial charge in [0.1, 0.15) is 11.2 Å². The Balaban J connectivity index is 1.16. The van der Waals surface area contributed by atoms with Gasteiger partial charge in [0.15, 0.2) is 0 Å². The molecule has 0 saturated carbocycles. The van der Waals surface area contributed by atoms with Crippen LogP contribution in [0.4, 0.5) is 51.2 Å². The number of aromatic nitrogens is 1. The van der Waals surface area contributed by atoms with Crippen molar-refractivity contribution in [2.75, 3.05) is 14.7 Å². The van der Waals surface area contributed by atoms with Gasteiger partial charge in [0.05, 0.1) is 33.5 Å². The van der Waals surface area contributed by atoms with Gasteiger partial charge in [0.2, 0.25) is 0 Å². The zero-order valence-corrected chi connectivity index (χ0v) is 52.0. The Morgan fingerprint density at radius 2 is 0.918 bits per heavy atom. The molecule has 7 heteroatoms. The number of benzene rings is 10. The van der Waals surface area contributed by atoms with Gasteiger partial charge in [-0.15, -0.1) is 11.3 Å². The molecule has 0 atom stereocenters. The van der Waals surface area contributed by atoms with Gasteiger partial charge >= 0.3 is 0 Å². The minimum Gasteiger partial charge on any atom is -0.456 e. The lowest BCUT2D eigenvalue weighted by molar-refractivity contribution is 0.590. The predicted molar refractivity (Wildman–Crippen MR) is 367 cm³/mol. The highest BCUT2D eigenvalue weighted by molar-refractivity contribution is 7.34.